The fourth-order valence-corrected chi connectivity index (χ4v) is 9.98. The Bertz CT molecular complexity index is 3250. The quantitative estimate of drug-likeness (QED) is 0.160. The van der Waals surface area contributed by atoms with Gasteiger partial charge in [0.05, 0.1) is 11.0 Å². The number of anilines is 3. The summed E-state index contributed by atoms with van der Waals surface area (Å²) in [6.07, 6.45) is 0. The lowest BCUT2D eigenvalue weighted by Crippen LogP contribution is -2.16. The summed E-state index contributed by atoms with van der Waals surface area (Å²) >= 11 is 0. The van der Waals surface area contributed by atoms with E-state index in [1.165, 1.54) is 98.9 Å². The second-order valence-corrected chi connectivity index (χ2v) is 16.2. The molecule has 0 unspecified atom stereocenters. The molecule has 1 aliphatic carbocycles. The highest BCUT2D eigenvalue weighted by Gasteiger charge is 2.35. The van der Waals surface area contributed by atoms with Gasteiger partial charge in [0.2, 0.25) is 0 Å². The van der Waals surface area contributed by atoms with Crippen molar-refractivity contribution in [2.75, 3.05) is 4.90 Å². The standard InChI is InChI=1S/C55H38N2/c1-55(2)49-17-9-6-14-45(49)46-29-28-43(34-50(46)55)56(41-12-4-3-5-13-41)44-32-38-22-20-36-30-40(31-37-21-23-39(33-44)54(38)53(36)37)35-24-26-42(27-25-35)57-51-18-10-7-15-47(51)48-16-8-11-19-52(48)57/h3-34H,1-2H3. The molecule has 0 aliphatic heterocycles. The Labute approximate surface area is 331 Å². The Morgan fingerprint density at radius 1 is 0.386 bits per heavy atom. The molecule has 0 amide bonds. The molecule has 1 aliphatic rings. The first-order valence-electron chi connectivity index (χ1n) is 19.9. The molecule has 0 N–H and O–H groups in total. The van der Waals surface area contributed by atoms with Crippen LogP contribution in [0.5, 0.6) is 0 Å². The molecule has 268 valence electrons. The van der Waals surface area contributed by atoms with Crippen LogP contribution >= 0.6 is 0 Å². The molecular formula is C55H38N2. The van der Waals surface area contributed by atoms with Crippen molar-refractivity contribution in [1.82, 2.24) is 4.57 Å². The molecule has 2 nitrogen and oxygen atoms in total. The van der Waals surface area contributed by atoms with Gasteiger partial charge in [0.25, 0.3) is 0 Å². The highest BCUT2D eigenvalue weighted by Crippen LogP contribution is 2.51. The van der Waals surface area contributed by atoms with Gasteiger partial charge in [-0.1, -0.05) is 135 Å². The Balaban J connectivity index is 0.955. The lowest BCUT2D eigenvalue weighted by molar-refractivity contribution is 0.660. The molecule has 0 saturated carbocycles. The van der Waals surface area contributed by atoms with Gasteiger partial charge in [-0.3, -0.25) is 0 Å². The van der Waals surface area contributed by atoms with Gasteiger partial charge >= 0.3 is 0 Å². The monoisotopic (exact) mass is 726 g/mol. The van der Waals surface area contributed by atoms with Crippen LogP contribution in [0.4, 0.5) is 17.1 Å². The predicted octanol–water partition coefficient (Wildman–Crippen LogP) is 15.1. The minimum atomic E-state index is -0.0784. The van der Waals surface area contributed by atoms with Crippen molar-refractivity contribution in [3.63, 3.8) is 0 Å². The van der Waals surface area contributed by atoms with Crippen molar-refractivity contribution >= 4 is 71.2 Å². The maximum atomic E-state index is 2.43. The number of hydrogen-bond acceptors (Lipinski definition) is 1. The van der Waals surface area contributed by atoms with E-state index >= 15 is 0 Å². The van der Waals surface area contributed by atoms with Crippen molar-refractivity contribution in [2.45, 2.75) is 19.3 Å². The van der Waals surface area contributed by atoms with E-state index in [2.05, 4.69) is 217 Å². The van der Waals surface area contributed by atoms with E-state index < -0.39 is 0 Å². The first-order chi connectivity index (χ1) is 28.0. The summed E-state index contributed by atoms with van der Waals surface area (Å²) in [4.78, 5) is 2.43. The van der Waals surface area contributed by atoms with Gasteiger partial charge in [0.1, 0.15) is 0 Å². The molecule has 0 fully saturated rings. The lowest BCUT2D eigenvalue weighted by atomic mass is 9.82. The molecule has 0 radical (unpaired) electrons. The molecule has 1 aromatic heterocycles. The van der Waals surface area contributed by atoms with Crippen LogP contribution in [0.15, 0.2) is 194 Å². The zero-order chi connectivity index (χ0) is 37.8. The zero-order valence-corrected chi connectivity index (χ0v) is 31.9. The van der Waals surface area contributed by atoms with E-state index in [0.29, 0.717) is 0 Å². The van der Waals surface area contributed by atoms with Crippen molar-refractivity contribution < 1.29 is 0 Å². The Kier molecular flexibility index (Phi) is 6.72. The molecule has 57 heavy (non-hydrogen) atoms. The highest BCUT2D eigenvalue weighted by atomic mass is 15.1. The summed E-state index contributed by atoms with van der Waals surface area (Å²) in [5.41, 5.74) is 14.9. The largest absolute Gasteiger partial charge is 0.310 e. The van der Waals surface area contributed by atoms with Gasteiger partial charge in [-0.15, -0.1) is 0 Å². The number of benzene rings is 10. The second kappa shape index (κ2) is 11.9. The van der Waals surface area contributed by atoms with E-state index in [1.807, 2.05) is 0 Å². The third kappa shape index (κ3) is 4.71. The summed E-state index contributed by atoms with van der Waals surface area (Å²) in [5.74, 6) is 0. The van der Waals surface area contributed by atoms with Crippen molar-refractivity contribution in [1.29, 1.82) is 0 Å². The number of hydrogen-bond donors (Lipinski definition) is 0. The molecule has 0 atom stereocenters. The SMILES string of the molecule is CC1(C)c2ccccc2-c2ccc(N(c3ccccc3)c3cc4ccc5cc(-c6ccc(-n7c8ccccc8c8ccccc87)cc6)cc6ccc(c3)c4c56)cc21. The number of fused-ring (bicyclic) bond motifs is 6. The molecule has 10 aromatic carbocycles. The third-order valence-corrected chi connectivity index (χ3v) is 12.7. The van der Waals surface area contributed by atoms with Crippen LogP contribution in [-0.2, 0) is 5.41 Å². The average Bonchev–Trinajstić information content (AvgIpc) is 3.71. The number of nitrogens with zero attached hydrogens (tertiary/aromatic N) is 2. The average molecular weight is 727 g/mol. The number of aromatic nitrogens is 1. The maximum absolute atomic E-state index is 2.43. The van der Waals surface area contributed by atoms with Crippen LogP contribution in [0.3, 0.4) is 0 Å². The number of rotatable bonds is 5. The molecular weight excluding hydrogens is 689 g/mol. The highest BCUT2D eigenvalue weighted by molar-refractivity contribution is 6.24. The Hall–Kier alpha value is -7.16. The second-order valence-electron chi connectivity index (χ2n) is 16.2. The van der Waals surface area contributed by atoms with Gasteiger partial charge in [0.15, 0.2) is 0 Å². The summed E-state index contributed by atoms with van der Waals surface area (Å²) in [6.45, 7) is 4.71. The fraction of sp³-hybridized carbons (Fsp3) is 0.0545. The first-order valence-corrected chi connectivity index (χ1v) is 19.9. The fourth-order valence-electron chi connectivity index (χ4n) is 9.98. The van der Waals surface area contributed by atoms with Crippen molar-refractivity contribution in [2.24, 2.45) is 0 Å². The molecule has 12 rings (SSSR count). The minimum absolute atomic E-state index is 0.0784. The van der Waals surface area contributed by atoms with Crippen LogP contribution in [0.25, 0.3) is 82.1 Å². The third-order valence-electron chi connectivity index (χ3n) is 12.7. The summed E-state index contributed by atoms with van der Waals surface area (Å²) < 4.78 is 2.38. The van der Waals surface area contributed by atoms with E-state index in [0.717, 1.165) is 11.4 Å². The van der Waals surface area contributed by atoms with Gasteiger partial charge in [-0.2, -0.15) is 0 Å². The van der Waals surface area contributed by atoms with Crippen LogP contribution in [0, 0.1) is 0 Å². The molecule has 0 bridgehead atoms. The molecule has 1 heterocycles. The zero-order valence-electron chi connectivity index (χ0n) is 31.9. The van der Waals surface area contributed by atoms with Crippen molar-refractivity contribution in [3.8, 4) is 27.9 Å². The van der Waals surface area contributed by atoms with Gasteiger partial charge in [-0.25, -0.2) is 0 Å². The van der Waals surface area contributed by atoms with E-state index in [-0.39, 0.29) is 5.41 Å². The Morgan fingerprint density at radius 3 is 1.58 bits per heavy atom. The topological polar surface area (TPSA) is 8.17 Å². The summed E-state index contributed by atoms with van der Waals surface area (Å²) in [7, 11) is 0. The van der Waals surface area contributed by atoms with E-state index in [1.54, 1.807) is 0 Å². The molecule has 2 heteroatoms. The molecule has 0 spiro atoms. The Morgan fingerprint density at radius 2 is 0.930 bits per heavy atom. The van der Waals surface area contributed by atoms with Gasteiger partial charge in [-0.05, 0) is 138 Å². The van der Waals surface area contributed by atoms with Crippen molar-refractivity contribution in [3.05, 3.63) is 205 Å². The van der Waals surface area contributed by atoms with E-state index in [9.17, 15) is 0 Å². The predicted molar refractivity (Wildman–Crippen MR) is 242 cm³/mol. The normalized spacial score (nSPS) is 13.2. The lowest BCUT2D eigenvalue weighted by Gasteiger charge is -2.29. The number of para-hydroxylation sites is 3. The van der Waals surface area contributed by atoms with Crippen LogP contribution in [-0.4, -0.2) is 4.57 Å². The van der Waals surface area contributed by atoms with E-state index in [4.69, 9.17) is 0 Å². The summed E-state index contributed by atoms with van der Waals surface area (Å²) in [5, 5.41) is 10.2. The molecule has 11 aromatic rings. The minimum Gasteiger partial charge on any atom is -0.310 e. The van der Waals surface area contributed by atoms with Crippen LogP contribution in [0.1, 0.15) is 25.0 Å². The molecule has 0 saturated heterocycles. The maximum Gasteiger partial charge on any atom is 0.0541 e. The smallest absolute Gasteiger partial charge is 0.0541 e. The first kappa shape index (κ1) is 32.1. The van der Waals surface area contributed by atoms with Gasteiger partial charge in [0, 0.05) is 38.9 Å². The van der Waals surface area contributed by atoms with Crippen LogP contribution in [0.2, 0.25) is 0 Å². The summed E-state index contributed by atoms with van der Waals surface area (Å²) in [6, 6.07) is 71.9. The van der Waals surface area contributed by atoms with Gasteiger partial charge < -0.3 is 9.47 Å². The van der Waals surface area contributed by atoms with Crippen LogP contribution < -0.4 is 4.90 Å².